The van der Waals surface area contributed by atoms with Gasteiger partial charge in [-0.3, -0.25) is 0 Å². The molecule has 0 heterocycles. The Bertz CT molecular complexity index is 632. The minimum absolute atomic E-state index is 0.481. The highest BCUT2D eigenvalue weighted by Gasteiger charge is 2.09. The van der Waals surface area contributed by atoms with Gasteiger partial charge in [0.1, 0.15) is 17.6 Å². The molecule has 4 heteroatoms. The van der Waals surface area contributed by atoms with Gasteiger partial charge >= 0.3 is 0 Å². The first-order valence-corrected chi connectivity index (χ1v) is 6.55. The monoisotopic (exact) mass is 317 g/mol. The van der Waals surface area contributed by atoms with Crippen LogP contribution in [0.3, 0.4) is 0 Å². The van der Waals surface area contributed by atoms with E-state index in [4.69, 9.17) is 10.00 Å². The molecule has 0 saturated carbocycles. The first-order chi connectivity index (χ1) is 9.11. The highest BCUT2D eigenvalue weighted by Crippen LogP contribution is 2.33. The van der Waals surface area contributed by atoms with Gasteiger partial charge in [-0.2, -0.15) is 5.26 Å². The van der Waals surface area contributed by atoms with Crippen molar-refractivity contribution in [2.24, 2.45) is 0 Å². The molecule has 0 unspecified atom stereocenters. The largest absolute Gasteiger partial charge is 0.455 e. The highest BCUT2D eigenvalue weighted by atomic mass is 79.9. The van der Waals surface area contributed by atoms with E-state index in [1.54, 1.807) is 43.3 Å². The van der Waals surface area contributed by atoms with Crippen LogP contribution in [-0.2, 0) is 0 Å². The number of nitrogens with zero attached hydrogens (tertiary/aromatic N) is 1. The summed E-state index contributed by atoms with van der Waals surface area (Å²) in [6.45, 7) is 1.70. The molecular formula is C15H12BrNO2. The molecule has 2 aromatic rings. The van der Waals surface area contributed by atoms with Crippen LogP contribution in [0.2, 0.25) is 0 Å². The van der Waals surface area contributed by atoms with Crippen LogP contribution in [0, 0.1) is 11.3 Å². The number of ether oxygens (including phenoxy) is 1. The second-order valence-electron chi connectivity index (χ2n) is 4.08. The molecule has 0 spiro atoms. The van der Waals surface area contributed by atoms with Gasteiger partial charge < -0.3 is 9.84 Å². The summed E-state index contributed by atoms with van der Waals surface area (Å²) in [4.78, 5) is 0. The van der Waals surface area contributed by atoms with E-state index in [-0.39, 0.29) is 0 Å². The zero-order valence-electron chi connectivity index (χ0n) is 10.3. The first-order valence-electron chi connectivity index (χ1n) is 5.76. The zero-order valence-corrected chi connectivity index (χ0v) is 11.9. The van der Waals surface area contributed by atoms with Crippen LogP contribution in [0.4, 0.5) is 0 Å². The molecule has 0 fully saturated rings. The van der Waals surface area contributed by atoms with E-state index in [1.165, 1.54) is 0 Å². The van der Waals surface area contributed by atoms with Gasteiger partial charge in [0.15, 0.2) is 0 Å². The van der Waals surface area contributed by atoms with Gasteiger partial charge in [-0.1, -0.05) is 18.2 Å². The van der Waals surface area contributed by atoms with Gasteiger partial charge in [0.2, 0.25) is 0 Å². The lowest BCUT2D eigenvalue weighted by Crippen LogP contribution is -1.93. The Balaban J connectivity index is 2.32. The summed E-state index contributed by atoms with van der Waals surface area (Å²) < 4.78 is 6.45. The number of aliphatic hydroxyl groups is 1. The smallest absolute Gasteiger partial charge is 0.145 e. The van der Waals surface area contributed by atoms with Crippen LogP contribution in [0.15, 0.2) is 46.9 Å². The van der Waals surface area contributed by atoms with E-state index >= 15 is 0 Å². The van der Waals surface area contributed by atoms with Crippen LogP contribution in [0.25, 0.3) is 0 Å². The average molecular weight is 318 g/mol. The number of benzene rings is 2. The lowest BCUT2D eigenvalue weighted by atomic mass is 10.1. The molecule has 19 heavy (non-hydrogen) atoms. The molecule has 0 aliphatic carbocycles. The molecular weight excluding hydrogens is 306 g/mol. The first kappa shape index (κ1) is 13.6. The van der Waals surface area contributed by atoms with E-state index in [0.29, 0.717) is 17.1 Å². The summed E-state index contributed by atoms with van der Waals surface area (Å²) in [5.41, 5.74) is 1.28. The van der Waals surface area contributed by atoms with Gasteiger partial charge in [0, 0.05) is 0 Å². The number of rotatable bonds is 3. The zero-order chi connectivity index (χ0) is 13.8. The predicted octanol–water partition coefficient (Wildman–Crippen LogP) is 4.17. The Morgan fingerprint density at radius 1 is 1.21 bits per heavy atom. The van der Waals surface area contributed by atoms with E-state index in [2.05, 4.69) is 22.0 Å². The molecule has 2 rings (SSSR count). The Hall–Kier alpha value is -1.83. The number of para-hydroxylation sites is 1. The summed E-state index contributed by atoms with van der Waals surface area (Å²) >= 11 is 3.40. The van der Waals surface area contributed by atoms with Crippen molar-refractivity contribution in [3.05, 3.63) is 58.1 Å². The Labute approximate surface area is 120 Å². The van der Waals surface area contributed by atoms with Crippen LogP contribution in [0.5, 0.6) is 11.5 Å². The van der Waals surface area contributed by atoms with E-state index in [9.17, 15) is 5.11 Å². The molecule has 0 radical (unpaired) electrons. The van der Waals surface area contributed by atoms with Crippen molar-refractivity contribution >= 4 is 15.9 Å². The van der Waals surface area contributed by atoms with Crippen molar-refractivity contribution in [1.29, 1.82) is 5.26 Å². The molecule has 0 amide bonds. The number of nitriles is 1. The Morgan fingerprint density at radius 3 is 2.58 bits per heavy atom. The van der Waals surface area contributed by atoms with E-state index < -0.39 is 6.10 Å². The third-order valence-electron chi connectivity index (χ3n) is 2.67. The number of aliphatic hydroxyl groups excluding tert-OH is 1. The summed E-state index contributed by atoms with van der Waals surface area (Å²) in [7, 11) is 0. The minimum Gasteiger partial charge on any atom is -0.455 e. The van der Waals surface area contributed by atoms with Gasteiger partial charge in [0.25, 0.3) is 0 Å². The molecule has 0 aliphatic rings. The fourth-order valence-corrected chi connectivity index (χ4v) is 2.10. The number of hydrogen-bond acceptors (Lipinski definition) is 3. The molecule has 1 N–H and O–H groups in total. The van der Waals surface area contributed by atoms with Gasteiger partial charge in [-0.05, 0) is 52.7 Å². The topological polar surface area (TPSA) is 53.2 Å². The van der Waals surface area contributed by atoms with Crippen LogP contribution in [0.1, 0.15) is 24.2 Å². The predicted molar refractivity (Wildman–Crippen MR) is 76.0 cm³/mol. The normalized spacial score (nSPS) is 11.7. The Morgan fingerprint density at radius 2 is 1.95 bits per heavy atom. The Kier molecular flexibility index (Phi) is 4.20. The maximum atomic E-state index is 9.51. The lowest BCUT2D eigenvalue weighted by molar-refractivity contribution is 0.199. The van der Waals surface area contributed by atoms with Crippen molar-refractivity contribution in [1.82, 2.24) is 0 Å². The molecule has 0 aromatic heterocycles. The lowest BCUT2D eigenvalue weighted by Gasteiger charge is -2.11. The molecule has 96 valence electrons. The molecule has 2 aromatic carbocycles. The molecule has 0 aliphatic heterocycles. The molecule has 1 atom stereocenters. The van der Waals surface area contributed by atoms with Crippen LogP contribution >= 0.6 is 15.9 Å². The summed E-state index contributed by atoms with van der Waals surface area (Å²) in [6.07, 6.45) is -0.531. The van der Waals surface area contributed by atoms with Crippen molar-refractivity contribution in [2.45, 2.75) is 13.0 Å². The van der Waals surface area contributed by atoms with Gasteiger partial charge in [0.05, 0.1) is 16.1 Å². The fourth-order valence-electron chi connectivity index (χ4n) is 1.63. The maximum Gasteiger partial charge on any atom is 0.145 e. The number of hydrogen-bond donors (Lipinski definition) is 1. The summed E-state index contributed by atoms with van der Waals surface area (Å²) in [6, 6.07) is 14.5. The standard InChI is InChI=1S/C15H12BrNO2/c1-10(18)11-6-7-15(13(16)8-11)19-14-5-3-2-4-12(14)9-17/h2-8,10,18H,1H3/t10-/m0/s1. The second kappa shape index (κ2) is 5.87. The van der Waals surface area contributed by atoms with Gasteiger partial charge in [-0.25, -0.2) is 0 Å². The molecule has 0 bridgehead atoms. The molecule has 0 saturated heterocycles. The number of halogens is 1. The van der Waals surface area contributed by atoms with Crippen molar-refractivity contribution < 1.29 is 9.84 Å². The van der Waals surface area contributed by atoms with Crippen molar-refractivity contribution in [3.63, 3.8) is 0 Å². The van der Waals surface area contributed by atoms with Crippen molar-refractivity contribution in [3.8, 4) is 17.6 Å². The second-order valence-corrected chi connectivity index (χ2v) is 4.93. The highest BCUT2D eigenvalue weighted by molar-refractivity contribution is 9.10. The third-order valence-corrected chi connectivity index (χ3v) is 3.29. The quantitative estimate of drug-likeness (QED) is 0.924. The fraction of sp³-hybridized carbons (Fsp3) is 0.133. The third kappa shape index (κ3) is 3.14. The maximum absolute atomic E-state index is 9.51. The van der Waals surface area contributed by atoms with Gasteiger partial charge in [-0.15, -0.1) is 0 Å². The average Bonchev–Trinajstić information content (AvgIpc) is 2.41. The SMILES string of the molecule is C[C@H](O)c1ccc(Oc2ccccc2C#N)c(Br)c1. The van der Waals surface area contributed by atoms with Crippen molar-refractivity contribution in [2.75, 3.05) is 0 Å². The van der Waals surface area contributed by atoms with E-state index in [1.807, 2.05) is 6.07 Å². The van der Waals surface area contributed by atoms with E-state index in [0.717, 1.165) is 10.0 Å². The van der Waals surface area contributed by atoms with Crippen LogP contribution < -0.4 is 4.74 Å². The van der Waals surface area contributed by atoms with Crippen LogP contribution in [-0.4, -0.2) is 5.11 Å². The summed E-state index contributed by atoms with van der Waals surface area (Å²) in [5.74, 6) is 1.11. The minimum atomic E-state index is -0.531. The summed E-state index contributed by atoms with van der Waals surface area (Å²) in [5, 5.41) is 18.5. The molecule has 3 nitrogen and oxygen atoms in total.